The topological polar surface area (TPSA) is 111 Å². The molecule has 8 nitrogen and oxygen atoms in total. The summed E-state index contributed by atoms with van der Waals surface area (Å²) in [4.78, 5) is 33.5. The molecule has 8 heteroatoms. The normalized spacial score (nSPS) is 10.4. The average molecular weight is 369 g/mol. The highest BCUT2D eigenvalue weighted by Gasteiger charge is 2.06. The van der Waals surface area contributed by atoms with E-state index in [0.29, 0.717) is 11.3 Å². The molecule has 0 heterocycles. The highest BCUT2D eigenvalue weighted by atomic mass is 16.6. The maximum Gasteiger partial charge on any atom is 0.276 e. The number of amides is 2. The van der Waals surface area contributed by atoms with Gasteiger partial charge in [0.15, 0.2) is 6.61 Å². The Hall–Kier alpha value is -3.68. The molecular formula is C19H19N3O5. The van der Waals surface area contributed by atoms with Crippen LogP contribution in [0.1, 0.15) is 16.7 Å². The van der Waals surface area contributed by atoms with E-state index in [1.807, 2.05) is 26.0 Å². The van der Waals surface area contributed by atoms with Gasteiger partial charge in [0.2, 0.25) is 0 Å². The Morgan fingerprint density at radius 1 is 1.11 bits per heavy atom. The van der Waals surface area contributed by atoms with Gasteiger partial charge in [-0.05, 0) is 49.2 Å². The molecule has 2 rings (SSSR count). The molecule has 0 aliphatic heterocycles. The van der Waals surface area contributed by atoms with Crippen molar-refractivity contribution in [3.63, 3.8) is 0 Å². The molecule has 0 saturated carbocycles. The summed E-state index contributed by atoms with van der Waals surface area (Å²) in [7, 11) is 0. The van der Waals surface area contributed by atoms with Crippen molar-refractivity contribution in [2.24, 2.45) is 0 Å². The van der Waals surface area contributed by atoms with Crippen molar-refractivity contribution >= 4 is 23.6 Å². The molecule has 0 radical (unpaired) electrons. The van der Waals surface area contributed by atoms with Crippen molar-refractivity contribution in [2.75, 3.05) is 6.61 Å². The molecular weight excluding hydrogens is 350 g/mol. The van der Waals surface area contributed by atoms with Gasteiger partial charge in [0, 0.05) is 18.2 Å². The fourth-order valence-electron chi connectivity index (χ4n) is 2.19. The summed E-state index contributed by atoms with van der Waals surface area (Å²) in [5.74, 6) is -0.458. The summed E-state index contributed by atoms with van der Waals surface area (Å²) in [6.45, 7) is 3.60. The first kappa shape index (κ1) is 19.6. The fraction of sp³-hybridized carbons (Fsp3) is 0.158. The number of non-ortho nitro benzene ring substituents is 1. The van der Waals surface area contributed by atoms with Crippen LogP contribution in [0.5, 0.6) is 5.75 Å². The Morgan fingerprint density at radius 2 is 1.81 bits per heavy atom. The minimum absolute atomic E-state index is 0.0346. The third-order valence-corrected chi connectivity index (χ3v) is 3.55. The lowest BCUT2D eigenvalue weighted by Crippen LogP contribution is -2.43. The van der Waals surface area contributed by atoms with Crippen LogP contribution in [-0.4, -0.2) is 23.3 Å². The van der Waals surface area contributed by atoms with Gasteiger partial charge in [-0.1, -0.05) is 17.7 Å². The number of aryl methyl sites for hydroxylation is 2. The van der Waals surface area contributed by atoms with Crippen molar-refractivity contribution in [3.05, 3.63) is 75.3 Å². The summed E-state index contributed by atoms with van der Waals surface area (Å²) in [5, 5.41) is 10.6. The van der Waals surface area contributed by atoms with Crippen LogP contribution < -0.4 is 15.6 Å². The zero-order chi connectivity index (χ0) is 19.8. The molecule has 0 spiro atoms. The highest BCUT2D eigenvalue weighted by molar-refractivity contribution is 5.93. The van der Waals surface area contributed by atoms with Crippen molar-refractivity contribution in [1.82, 2.24) is 10.9 Å². The molecule has 2 N–H and O–H groups in total. The molecule has 0 aliphatic rings. The van der Waals surface area contributed by atoms with E-state index in [4.69, 9.17) is 4.74 Å². The van der Waals surface area contributed by atoms with Gasteiger partial charge in [-0.25, -0.2) is 0 Å². The van der Waals surface area contributed by atoms with Gasteiger partial charge in [-0.2, -0.15) is 0 Å². The van der Waals surface area contributed by atoms with Crippen molar-refractivity contribution in [1.29, 1.82) is 0 Å². The summed E-state index contributed by atoms with van der Waals surface area (Å²) >= 11 is 0. The number of carbonyl (C=O) groups is 2. The number of hydrazine groups is 1. The quantitative estimate of drug-likeness (QED) is 0.462. The Morgan fingerprint density at radius 3 is 2.44 bits per heavy atom. The molecule has 0 bridgehead atoms. The molecule has 0 atom stereocenters. The smallest absolute Gasteiger partial charge is 0.276 e. The van der Waals surface area contributed by atoms with E-state index in [1.165, 1.54) is 36.4 Å². The van der Waals surface area contributed by atoms with Crippen LogP contribution in [0, 0.1) is 24.0 Å². The van der Waals surface area contributed by atoms with Gasteiger partial charge < -0.3 is 4.74 Å². The van der Waals surface area contributed by atoms with E-state index in [9.17, 15) is 19.7 Å². The number of ether oxygens (including phenoxy) is 1. The summed E-state index contributed by atoms with van der Waals surface area (Å²) in [6, 6.07) is 11.3. The molecule has 0 aromatic heterocycles. The molecule has 2 aromatic rings. The lowest BCUT2D eigenvalue weighted by Gasteiger charge is -2.10. The molecule has 140 valence electrons. The lowest BCUT2D eigenvalue weighted by atomic mass is 10.1. The van der Waals surface area contributed by atoms with Gasteiger partial charge in [0.25, 0.3) is 17.5 Å². The zero-order valence-corrected chi connectivity index (χ0v) is 14.9. The number of hydrogen-bond acceptors (Lipinski definition) is 5. The van der Waals surface area contributed by atoms with E-state index in [0.717, 1.165) is 11.1 Å². The summed E-state index contributed by atoms with van der Waals surface area (Å²) in [5.41, 5.74) is 7.05. The first-order chi connectivity index (χ1) is 12.8. The van der Waals surface area contributed by atoms with Crippen molar-refractivity contribution in [2.45, 2.75) is 13.8 Å². The minimum Gasteiger partial charge on any atom is -0.483 e. The maximum absolute atomic E-state index is 11.7. The predicted molar refractivity (Wildman–Crippen MR) is 99.8 cm³/mol. The van der Waals surface area contributed by atoms with E-state index in [1.54, 1.807) is 6.07 Å². The standard InChI is InChI=1S/C19H19N3O5/c1-13-3-9-17(14(2)11-13)27-12-19(24)21-20-18(23)10-6-15-4-7-16(8-5-15)22(25)26/h3-11H,12H2,1-2H3,(H,20,23)(H,21,24)/b10-6+. The van der Waals surface area contributed by atoms with Crippen LogP contribution in [0.2, 0.25) is 0 Å². The zero-order valence-electron chi connectivity index (χ0n) is 14.9. The maximum atomic E-state index is 11.7. The first-order valence-corrected chi connectivity index (χ1v) is 8.06. The number of nitrogens with zero attached hydrogens (tertiary/aromatic N) is 1. The van der Waals surface area contributed by atoms with Crippen LogP contribution in [0.25, 0.3) is 6.08 Å². The molecule has 2 aromatic carbocycles. The predicted octanol–water partition coefficient (Wildman–Crippen LogP) is 2.45. The number of nitrogens with one attached hydrogen (secondary N) is 2. The number of carbonyl (C=O) groups excluding carboxylic acids is 2. The summed E-state index contributed by atoms with van der Waals surface area (Å²) < 4.78 is 5.41. The van der Waals surface area contributed by atoms with Gasteiger partial charge in [0.05, 0.1) is 4.92 Å². The Bertz CT molecular complexity index is 875. The summed E-state index contributed by atoms with van der Waals surface area (Å²) in [6.07, 6.45) is 2.67. The number of benzene rings is 2. The molecule has 0 unspecified atom stereocenters. The van der Waals surface area contributed by atoms with Crippen LogP contribution in [0.3, 0.4) is 0 Å². The molecule has 27 heavy (non-hydrogen) atoms. The average Bonchev–Trinajstić information content (AvgIpc) is 2.64. The third kappa shape index (κ3) is 6.28. The van der Waals surface area contributed by atoms with Gasteiger partial charge in [-0.15, -0.1) is 0 Å². The second kappa shape index (κ2) is 9.14. The largest absolute Gasteiger partial charge is 0.483 e. The van der Waals surface area contributed by atoms with Crippen LogP contribution >= 0.6 is 0 Å². The Kier molecular flexibility index (Phi) is 6.65. The van der Waals surface area contributed by atoms with Gasteiger partial charge in [-0.3, -0.25) is 30.6 Å². The van der Waals surface area contributed by atoms with Crippen molar-refractivity contribution < 1.29 is 19.2 Å². The van der Waals surface area contributed by atoms with Gasteiger partial charge >= 0.3 is 0 Å². The third-order valence-electron chi connectivity index (χ3n) is 3.55. The molecule has 0 aliphatic carbocycles. The molecule has 0 saturated heterocycles. The number of nitro groups is 1. The Labute approximate surface area is 156 Å². The SMILES string of the molecule is Cc1ccc(OCC(=O)NNC(=O)/C=C/c2ccc([N+](=O)[O-])cc2)c(C)c1. The van der Waals surface area contributed by atoms with Crippen LogP contribution in [0.4, 0.5) is 5.69 Å². The molecule has 2 amide bonds. The second-order valence-electron chi connectivity index (χ2n) is 5.78. The van der Waals surface area contributed by atoms with E-state index in [-0.39, 0.29) is 12.3 Å². The number of hydrogen-bond donors (Lipinski definition) is 2. The monoisotopic (exact) mass is 369 g/mol. The van der Waals surface area contributed by atoms with Crippen molar-refractivity contribution in [3.8, 4) is 5.75 Å². The highest BCUT2D eigenvalue weighted by Crippen LogP contribution is 2.18. The second-order valence-corrected chi connectivity index (χ2v) is 5.78. The number of nitro benzene ring substituents is 1. The fourth-order valence-corrected chi connectivity index (χ4v) is 2.19. The number of rotatable bonds is 6. The van der Waals surface area contributed by atoms with Crippen LogP contribution in [0.15, 0.2) is 48.5 Å². The van der Waals surface area contributed by atoms with E-state index in [2.05, 4.69) is 10.9 Å². The minimum atomic E-state index is -0.548. The van der Waals surface area contributed by atoms with Gasteiger partial charge in [0.1, 0.15) is 5.75 Å². The van der Waals surface area contributed by atoms with E-state index < -0.39 is 16.7 Å². The molecule has 0 fully saturated rings. The lowest BCUT2D eigenvalue weighted by molar-refractivity contribution is -0.384. The first-order valence-electron chi connectivity index (χ1n) is 8.06. The van der Waals surface area contributed by atoms with Crippen LogP contribution in [-0.2, 0) is 9.59 Å². The van der Waals surface area contributed by atoms with E-state index >= 15 is 0 Å². The Balaban J connectivity index is 1.77.